The first-order valence-corrected chi connectivity index (χ1v) is 7.41. The summed E-state index contributed by atoms with van der Waals surface area (Å²) in [7, 11) is 0. The van der Waals surface area contributed by atoms with Crippen LogP contribution in [0.2, 0.25) is 0 Å². The van der Waals surface area contributed by atoms with Gasteiger partial charge in [-0.15, -0.1) is 0 Å². The zero-order chi connectivity index (χ0) is 15.2. The molecule has 5 heteroatoms. The molecule has 0 spiro atoms. The normalized spacial score (nSPS) is 20.5. The van der Waals surface area contributed by atoms with E-state index in [-0.39, 0.29) is 18.0 Å². The molecular weight excluding hydrogens is 264 g/mol. The number of nitrogens with one attached hydrogen (secondary N) is 2. The standard InChI is InChI=1S/C16H22N4O/c1-3-19-16(21)15-11-18-7-8-20(15)12(2)14-6-4-5-13(9-14)10-17/h4-6,9,12,15,18H,3,7-8,11H2,1-2H3,(H,19,21). The molecule has 0 aromatic heterocycles. The van der Waals surface area contributed by atoms with Crippen molar-refractivity contribution in [3.8, 4) is 6.07 Å². The van der Waals surface area contributed by atoms with Gasteiger partial charge in [-0.05, 0) is 31.5 Å². The van der Waals surface area contributed by atoms with E-state index < -0.39 is 0 Å². The number of nitrogens with zero attached hydrogens (tertiary/aromatic N) is 2. The maximum absolute atomic E-state index is 12.2. The van der Waals surface area contributed by atoms with Gasteiger partial charge in [0.2, 0.25) is 5.91 Å². The number of nitriles is 1. The third kappa shape index (κ3) is 3.60. The number of likely N-dealkylation sites (N-methyl/N-ethyl adjacent to an activating group) is 1. The Morgan fingerprint density at radius 1 is 1.62 bits per heavy atom. The van der Waals surface area contributed by atoms with Crippen LogP contribution in [0.1, 0.15) is 31.0 Å². The fraction of sp³-hybridized carbons (Fsp3) is 0.500. The molecule has 1 aliphatic heterocycles. The van der Waals surface area contributed by atoms with Crippen molar-refractivity contribution in [3.05, 3.63) is 35.4 Å². The lowest BCUT2D eigenvalue weighted by Crippen LogP contribution is -2.58. The van der Waals surface area contributed by atoms with E-state index in [0.29, 0.717) is 18.7 Å². The van der Waals surface area contributed by atoms with Crippen molar-refractivity contribution in [3.63, 3.8) is 0 Å². The molecule has 2 rings (SSSR count). The molecule has 1 saturated heterocycles. The molecule has 1 aliphatic rings. The van der Waals surface area contributed by atoms with Crippen LogP contribution in [0.4, 0.5) is 0 Å². The first-order valence-electron chi connectivity index (χ1n) is 7.41. The predicted molar refractivity (Wildman–Crippen MR) is 81.6 cm³/mol. The first kappa shape index (κ1) is 15.5. The van der Waals surface area contributed by atoms with Crippen molar-refractivity contribution < 1.29 is 4.79 Å². The van der Waals surface area contributed by atoms with Gasteiger partial charge in [-0.25, -0.2) is 0 Å². The first-order chi connectivity index (χ1) is 10.2. The lowest BCUT2D eigenvalue weighted by Gasteiger charge is -2.39. The van der Waals surface area contributed by atoms with Gasteiger partial charge in [0.05, 0.1) is 11.6 Å². The van der Waals surface area contributed by atoms with Crippen LogP contribution < -0.4 is 10.6 Å². The Morgan fingerprint density at radius 2 is 2.43 bits per heavy atom. The van der Waals surface area contributed by atoms with E-state index in [9.17, 15) is 4.79 Å². The summed E-state index contributed by atoms with van der Waals surface area (Å²) >= 11 is 0. The molecule has 0 radical (unpaired) electrons. The highest BCUT2D eigenvalue weighted by Gasteiger charge is 2.32. The molecule has 1 aromatic rings. The maximum atomic E-state index is 12.2. The maximum Gasteiger partial charge on any atom is 0.238 e. The summed E-state index contributed by atoms with van der Waals surface area (Å²) in [6.45, 7) is 7.01. The van der Waals surface area contributed by atoms with Gasteiger partial charge in [-0.3, -0.25) is 9.69 Å². The minimum absolute atomic E-state index is 0.0630. The highest BCUT2D eigenvalue weighted by atomic mass is 16.2. The average Bonchev–Trinajstić information content (AvgIpc) is 2.54. The molecule has 112 valence electrons. The number of amides is 1. The number of benzene rings is 1. The third-order valence-corrected chi connectivity index (χ3v) is 3.93. The molecule has 2 N–H and O–H groups in total. The van der Waals surface area contributed by atoms with Crippen LogP contribution in [0.15, 0.2) is 24.3 Å². The summed E-state index contributed by atoms with van der Waals surface area (Å²) in [4.78, 5) is 14.4. The van der Waals surface area contributed by atoms with Gasteiger partial charge in [-0.2, -0.15) is 5.26 Å². The molecule has 21 heavy (non-hydrogen) atoms. The largest absolute Gasteiger partial charge is 0.355 e. The monoisotopic (exact) mass is 286 g/mol. The van der Waals surface area contributed by atoms with Crippen LogP contribution in [-0.2, 0) is 4.79 Å². The minimum atomic E-state index is -0.167. The number of hydrogen-bond acceptors (Lipinski definition) is 4. The van der Waals surface area contributed by atoms with Crippen molar-refractivity contribution in [1.82, 2.24) is 15.5 Å². The summed E-state index contributed by atoms with van der Waals surface area (Å²) in [6, 6.07) is 9.72. The van der Waals surface area contributed by atoms with Gasteiger partial charge in [-0.1, -0.05) is 12.1 Å². The Labute approximate surface area is 125 Å². The quantitative estimate of drug-likeness (QED) is 0.867. The van der Waals surface area contributed by atoms with Crippen LogP contribution in [0, 0.1) is 11.3 Å². The van der Waals surface area contributed by atoms with Crippen LogP contribution in [0.25, 0.3) is 0 Å². The summed E-state index contributed by atoms with van der Waals surface area (Å²) < 4.78 is 0. The lowest BCUT2D eigenvalue weighted by molar-refractivity contribution is -0.128. The van der Waals surface area contributed by atoms with Crippen LogP contribution in [0.5, 0.6) is 0 Å². The smallest absolute Gasteiger partial charge is 0.238 e. The Morgan fingerprint density at radius 3 is 3.14 bits per heavy atom. The highest BCUT2D eigenvalue weighted by Crippen LogP contribution is 2.24. The molecular formula is C16H22N4O. The van der Waals surface area contributed by atoms with Crippen molar-refractivity contribution >= 4 is 5.91 Å². The second kappa shape index (κ2) is 7.21. The Hall–Kier alpha value is -1.90. The SMILES string of the molecule is CCNC(=O)C1CNCCN1C(C)c1cccc(C#N)c1. The molecule has 0 saturated carbocycles. The van der Waals surface area contributed by atoms with Crippen molar-refractivity contribution in [1.29, 1.82) is 5.26 Å². The molecule has 1 fully saturated rings. The zero-order valence-corrected chi connectivity index (χ0v) is 12.6. The summed E-state index contributed by atoms with van der Waals surface area (Å²) in [5.74, 6) is 0.0630. The van der Waals surface area contributed by atoms with E-state index >= 15 is 0 Å². The van der Waals surface area contributed by atoms with Gasteiger partial charge < -0.3 is 10.6 Å². The summed E-state index contributed by atoms with van der Waals surface area (Å²) in [6.07, 6.45) is 0. The van der Waals surface area contributed by atoms with Crippen molar-refractivity contribution in [2.24, 2.45) is 0 Å². The second-order valence-corrected chi connectivity index (χ2v) is 5.27. The Balaban J connectivity index is 2.20. The predicted octanol–water partition coefficient (Wildman–Crippen LogP) is 1.03. The second-order valence-electron chi connectivity index (χ2n) is 5.27. The zero-order valence-electron chi connectivity index (χ0n) is 12.6. The molecule has 0 bridgehead atoms. The highest BCUT2D eigenvalue weighted by molar-refractivity contribution is 5.82. The Bertz CT molecular complexity index is 537. The van der Waals surface area contributed by atoms with Crippen LogP contribution >= 0.6 is 0 Å². The fourth-order valence-electron chi connectivity index (χ4n) is 2.78. The summed E-state index contributed by atoms with van der Waals surface area (Å²) in [5.41, 5.74) is 1.73. The minimum Gasteiger partial charge on any atom is -0.355 e. The topological polar surface area (TPSA) is 68.2 Å². The number of carbonyl (C=O) groups is 1. The molecule has 2 atom stereocenters. The van der Waals surface area contributed by atoms with E-state index in [1.807, 2.05) is 25.1 Å². The number of hydrogen-bond donors (Lipinski definition) is 2. The fourth-order valence-corrected chi connectivity index (χ4v) is 2.78. The average molecular weight is 286 g/mol. The van der Waals surface area contributed by atoms with Gasteiger partial charge in [0.1, 0.15) is 6.04 Å². The molecule has 1 heterocycles. The van der Waals surface area contributed by atoms with Crippen LogP contribution in [-0.4, -0.2) is 43.0 Å². The Kier molecular flexibility index (Phi) is 5.32. The lowest BCUT2D eigenvalue weighted by atomic mass is 10.0. The number of piperazine rings is 1. The molecule has 5 nitrogen and oxygen atoms in total. The molecule has 1 amide bonds. The van der Waals surface area contributed by atoms with Gasteiger partial charge in [0.25, 0.3) is 0 Å². The number of carbonyl (C=O) groups excluding carboxylic acids is 1. The number of rotatable bonds is 4. The molecule has 0 aliphatic carbocycles. The van der Waals surface area contributed by atoms with Crippen LogP contribution in [0.3, 0.4) is 0 Å². The van der Waals surface area contributed by atoms with E-state index in [1.165, 1.54) is 0 Å². The van der Waals surface area contributed by atoms with Crippen molar-refractivity contribution in [2.75, 3.05) is 26.2 Å². The van der Waals surface area contributed by atoms with E-state index in [1.54, 1.807) is 6.07 Å². The van der Waals surface area contributed by atoms with E-state index in [2.05, 4.69) is 28.5 Å². The van der Waals surface area contributed by atoms with Crippen molar-refractivity contribution in [2.45, 2.75) is 25.9 Å². The van der Waals surface area contributed by atoms with Gasteiger partial charge in [0, 0.05) is 32.2 Å². The van der Waals surface area contributed by atoms with Gasteiger partial charge >= 0.3 is 0 Å². The molecule has 1 aromatic carbocycles. The third-order valence-electron chi connectivity index (χ3n) is 3.93. The van der Waals surface area contributed by atoms with E-state index in [0.717, 1.165) is 18.7 Å². The van der Waals surface area contributed by atoms with E-state index in [4.69, 9.17) is 5.26 Å². The van der Waals surface area contributed by atoms with Gasteiger partial charge in [0.15, 0.2) is 0 Å². The molecule has 2 unspecified atom stereocenters. The summed E-state index contributed by atoms with van der Waals surface area (Å²) in [5, 5.41) is 15.2.